The van der Waals surface area contributed by atoms with Gasteiger partial charge < -0.3 is 10.6 Å². The third kappa shape index (κ3) is 2.78. The SMILES string of the molecule is CCSc1cccc(N2CCC3CCCCC32)c1C(=N)N. The lowest BCUT2D eigenvalue weighted by Gasteiger charge is -2.34. The normalized spacial score (nSPS) is 24.9. The van der Waals surface area contributed by atoms with Crippen molar-refractivity contribution in [2.24, 2.45) is 11.7 Å². The maximum Gasteiger partial charge on any atom is 0.126 e. The van der Waals surface area contributed by atoms with Gasteiger partial charge in [0.2, 0.25) is 0 Å². The second-order valence-electron chi connectivity index (χ2n) is 6.09. The first-order valence-corrected chi connectivity index (χ1v) is 9.07. The molecular formula is C17H25N3S. The number of thioether (sulfide) groups is 1. The summed E-state index contributed by atoms with van der Waals surface area (Å²) in [4.78, 5) is 3.70. The fourth-order valence-corrected chi connectivity index (χ4v) is 4.86. The quantitative estimate of drug-likeness (QED) is 0.504. The zero-order valence-electron chi connectivity index (χ0n) is 12.8. The molecule has 3 N–H and O–H groups in total. The molecule has 1 aliphatic carbocycles. The van der Waals surface area contributed by atoms with Crippen LogP contribution in [0.1, 0.15) is 44.6 Å². The molecule has 114 valence electrons. The number of nitrogen functional groups attached to an aromatic ring is 1. The summed E-state index contributed by atoms with van der Waals surface area (Å²) in [6.07, 6.45) is 6.71. The summed E-state index contributed by atoms with van der Waals surface area (Å²) in [5.74, 6) is 2.07. The van der Waals surface area contributed by atoms with E-state index in [1.54, 1.807) is 11.8 Å². The molecule has 0 aromatic heterocycles. The summed E-state index contributed by atoms with van der Waals surface area (Å²) in [5.41, 5.74) is 8.07. The number of nitrogens with one attached hydrogen (secondary N) is 1. The number of amidine groups is 1. The number of fused-ring (bicyclic) bond motifs is 1. The molecule has 2 unspecified atom stereocenters. The van der Waals surface area contributed by atoms with Gasteiger partial charge in [-0.15, -0.1) is 11.8 Å². The maximum absolute atomic E-state index is 8.03. The molecule has 3 rings (SSSR count). The first kappa shape index (κ1) is 14.8. The molecule has 1 saturated carbocycles. The molecule has 1 aliphatic heterocycles. The van der Waals surface area contributed by atoms with Crippen LogP contribution in [-0.4, -0.2) is 24.2 Å². The Balaban J connectivity index is 1.97. The van der Waals surface area contributed by atoms with Crippen molar-refractivity contribution in [2.75, 3.05) is 17.2 Å². The number of anilines is 1. The largest absolute Gasteiger partial charge is 0.384 e. The summed E-state index contributed by atoms with van der Waals surface area (Å²) >= 11 is 1.79. The Labute approximate surface area is 131 Å². The van der Waals surface area contributed by atoms with Crippen LogP contribution in [0.4, 0.5) is 5.69 Å². The average Bonchev–Trinajstić information content (AvgIpc) is 2.91. The van der Waals surface area contributed by atoms with Crippen molar-refractivity contribution < 1.29 is 0 Å². The highest BCUT2D eigenvalue weighted by Gasteiger charge is 2.36. The van der Waals surface area contributed by atoms with Crippen LogP contribution in [0.15, 0.2) is 23.1 Å². The molecule has 1 heterocycles. The van der Waals surface area contributed by atoms with E-state index >= 15 is 0 Å². The zero-order valence-corrected chi connectivity index (χ0v) is 13.6. The van der Waals surface area contributed by atoms with E-state index in [9.17, 15) is 0 Å². The Morgan fingerprint density at radius 3 is 2.90 bits per heavy atom. The number of hydrogen-bond acceptors (Lipinski definition) is 3. The molecular weight excluding hydrogens is 278 g/mol. The van der Waals surface area contributed by atoms with Crippen molar-refractivity contribution in [1.29, 1.82) is 5.41 Å². The van der Waals surface area contributed by atoms with E-state index in [0.717, 1.165) is 28.7 Å². The van der Waals surface area contributed by atoms with Gasteiger partial charge in [-0.2, -0.15) is 0 Å². The molecule has 1 saturated heterocycles. The Morgan fingerprint density at radius 1 is 1.33 bits per heavy atom. The average molecular weight is 303 g/mol. The van der Waals surface area contributed by atoms with Gasteiger partial charge in [0.25, 0.3) is 0 Å². The lowest BCUT2D eigenvalue weighted by Crippen LogP contribution is -2.36. The van der Waals surface area contributed by atoms with Crippen LogP contribution in [0.3, 0.4) is 0 Å². The van der Waals surface area contributed by atoms with E-state index in [0.29, 0.717) is 6.04 Å². The van der Waals surface area contributed by atoms with E-state index in [2.05, 4.69) is 30.0 Å². The van der Waals surface area contributed by atoms with Crippen molar-refractivity contribution in [1.82, 2.24) is 0 Å². The Kier molecular flexibility index (Phi) is 4.43. The summed E-state index contributed by atoms with van der Waals surface area (Å²) in [6.45, 7) is 3.27. The highest BCUT2D eigenvalue weighted by Crippen LogP contribution is 2.41. The third-order valence-electron chi connectivity index (χ3n) is 4.89. The topological polar surface area (TPSA) is 53.1 Å². The summed E-state index contributed by atoms with van der Waals surface area (Å²) in [6, 6.07) is 7.05. The summed E-state index contributed by atoms with van der Waals surface area (Å²) in [5, 5.41) is 8.03. The van der Waals surface area contributed by atoms with Crippen molar-refractivity contribution >= 4 is 23.3 Å². The van der Waals surface area contributed by atoms with Crippen LogP contribution in [0.2, 0.25) is 0 Å². The minimum Gasteiger partial charge on any atom is -0.384 e. The van der Waals surface area contributed by atoms with Crippen LogP contribution < -0.4 is 10.6 Å². The molecule has 2 aliphatic rings. The Hall–Kier alpha value is -1.16. The number of hydrogen-bond donors (Lipinski definition) is 2. The first-order valence-electron chi connectivity index (χ1n) is 8.09. The van der Waals surface area contributed by atoms with E-state index in [-0.39, 0.29) is 5.84 Å². The van der Waals surface area contributed by atoms with Crippen LogP contribution in [0.5, 0.6) is 0 Å². The summed E-state index contributed by atoms with van der Waals surface area (Å²) < 4.78 is 0. The molecule has 1 aromatic carbocycles. The maximum atomic E-state index is 8.03. The smallest absolute Gasteiger partial charge is 0.126 e. The number of benzene rings is 1. The lowest BCUT2D eigenvalue weighted by atomic mass is 9.85. The second-order valence-corrected chi connectivity index (χ2v) is 7.40. The first-order chi connectivity index (χ1) is 10.2. The second kappa shape index (κ2) is 6.30. The number of rotatable bonds is 4. The van der Waals surface area contributed by atoms with E-state index in [1.807, 2.05) is 0 Å². The van der Waals surface area contributed by atoms with E-state index in [1.165, 1.54) is 37.8 Å². The van der Waals surface area contributed by atoms with Gasteiger partial charge in [0.1, 0.15) is 5.84 Å². The van der Waals surface area contributed by atoms with Crippen LogP contribution in [-0.2, 0) is 0 Å². The molecule has 0 amide bonds. The lowest BCUT2D eigenvalue weighted by molar-refractivity contribution is 0.342. The van der Waals surface area contributed by atoms with Crippen molar-refractivity contribution in [2.45, 2.75) is 50.0 Å². The molecule has 1 aromatic rings. The molecule has 2 fully saturated rings. The van der Waals surface area contributed by atoms with Crippen molar-refractivity contribution in [3.8, 4) is 0 Å². The Morgan fingerprint density at radius 2 is 2.14 bits per heavy atom. The van der Waals surface area contributed by atoms with Gasteiger partial charge in [-0.05, 0) is 43.1 Å². The van der Waals surface area contributed by atoms with E-state index in [4.69, 9.17) is 11.1 Å². The molecule has 3 nitrogen and oxygen atoms in total. The highest BCUT2D eigenvalue weighted by atomic mass is 32.2. The fourth-order valence-electron chi connectivity index (χ4n) is 4.01. The molecule has 4 heteroatoms. The van der Waals surface area contributed by atoms with Gasteiger partial charge in [0, 0.05) is 23.2 Å². The summed E-state index contributed by atoms with van der Waals surface area (Å²) in [7, 11) is 0. The standard InChI is InChI=1S/C17H25N3S/c1-2-21-15-9-5-8-14(16(15)17(18)19)20-11-10-12-6-3-4-7-13(12)20/h5,8-9,12-13H,2-4,6-7,10-11H2,1H3,(H3,18,19). The van der Waals surface area contributed by atoms with Crippen LogP contribution >= 0.6 is 11.8 Å². The number of nitrogens with zero attached hydrogens (tertiary/aromatic N) is 1. The van der Waals surface area contributed by atoms with Crippen molar-refractivity contribution in [3.05, 3.63) is 23.8 Å². The van der Waals surface area contributed by atoms with Gasteiger partial charge in [-0.1, -0.05) is 25.8 Å². The molecule has 0 radical (unpaired) electrons. The van der Waals surface area contributed by atoms with Gasteiger partial charge >= 0.3 is 0 Å². The molecule has 21 heavy (non-hydrogen) atoms. The molecule has 2 atom stereocenters. The van der Waals surface area contributed by atoms with E-state index < -0.39 is 0 Å². The zero-order chi connectivity index (χ0) is 14.8. The molecule has 0 spiro atoms. The van der Waals surface area contributed by atoms with Gasteiger partial charge in [-0.25, -0.2) is 0 Å². The minimum absolute atomic E-state index is 0.209. The number of nitrogens with two attached hydrogens (primary N) is 1. The fraction of sp³-hybridized carbons (Fsp3) is 0.588. The van der Waals surface area contributed by atoms with Crippen molar-refractivity contribution in [3.63, 3.8) is 0 Å². The van der Waals surface area contributed by atoms with Gasteiger partial charge in [0.15, 0.2) is 0 Å². The Bertz CT molecular complexity index is 529. The van der Waals surface area contributed by atoms with Gasteiger partial charge in [0.05, 0.1) is 5.56 Å². The minimum atomic E-state index is 0.209. The third-order valence-corrected chi connectivity index (χ3v) is 5.83. The highest BCUT2D eigenvalue weighted by molar-refractivity contribution is 7.99. The van der Waals surface area contributed by atoms with Gasteiger partial charge in [-0.3, -0.25) is 5.41 Å². The predicted octanol–water partition coefficient (Wildman–Crippen LogP) is 3.85. The molecule has 0 bridgehead atoms. The predicted molar refractivity (Wildman–Crippen MR) is 91.6 cm³/mol. The monoisotopic (exact) mass is 303 g/mol. The van der Waals surface area contributed by atoms with Crippen LogP contribution in [0.25, 0.3) is 0 Å². The van der Waals surface area contributed by atoms with Crippen LogP contribution in [0, 0.1) is 11.3 Å².